The highest BCUT2D eigenvalue weighted by atomic mass is 16.5. The molecule has 8 heteroatoms. The summed E-state index contributed by atoms with van der Waals surface area (Å²) in [5, 5.41) is 18.7. The van der Waals surface area contributed by atoms with Gasteiger partial charge in [-0.25, -0.2) is 0 Å². The number of nitrogens with one attached hydrogen (secondary N) is 1. The highest BCUT2D eigenvalue weighted by Crippen LogP contribution is 2.37. The third-order valence-electron chi connectivity index (χ3n) is 6.19. The molecule has 3 aromatic rings. The van der Waals surface area contributed by atoms with Gasteiger partial charge in [0.2, 0.25) is 0 Å². The molecule has 174 valence electrons. The van der Waals surface area contributed by atoms with Crippen LogP contribution in [0.5, 0.6) is 17.2 Å². The van der Waals surface area contributed by atoms with Crippen molar-refractivity contribution in [2.75, 3.05) is 27.9 Å². The Balaban J connectivity index is 1.55. The lowest BCUT2D eigenvalue weighted by Crippen LogP contribution is -2.43. The molecule has 0 aliphatic heterocycles. The van der Waals surface area contributed by atoms with Gasteiger partial charge in [-0.1, -0.05) is 6.07 Å². The van der Waals surface area contributed by atoms with Crippen LogP contribution in [0.1, 0.15) is 34.5 Å². The van der Waals surface area contributed by atoms with Gasteiger partial charge in [0.15, 0.2) is 0 Å². The minimum atomic E-state index is -1.13. The Hall–Kier alpha value is -3.52. The second-order valence-electron chi connectivity index (χ2n) is 8.20. The largest absolute Gasteiger partial charge is 0.497 e. The Morgan fingerprint density at radius 2 is 1.82 bits per heavy atom. The lowest BCUT2D eigenvalue weighted by Gasteiger charge is -2.34. The van der Waals surface area contributed by atoms with Crippen LogP contribution in [0, 0.1) is 0 Å². The Morgan fingerprint density at radius 1 is 1.09 bits per heavy atom. The summed E-state index contributed by atoms with van der Waals surface area (Å²) in [6.45, 7) is 0.105. The molecule has 2 aromatic carbocycles. The third kappa shape index (κ3) is 4.39. The highest BCUT2D eigenvalue weighted by Gasteiger charge is 2.35. The van der Waals surface area contributed by atoms with Crippen molar-refractivity contribution >= 4 is 5.91 Å². The van der Waals surface area contributed by atoms with Crippen molar-refractivity contribution in [2.45, 2.75) is 24.9 Å². The van der Waals surface area contributed by atoms with Crippen LogP contribution >= 0.6 is 0 Å². The molecule has 1 heterocycles. The molecule has 0 bridgehead atoms. The fourth-order valence-corrected chi connectivity index (χ4v) is 4.39. The minimum absolute atomic E-state index is 0.105. The molecular weight excluding hydrogens is 422 g/mol. The zero-order chi connectivity index (χ0) is 23.6. The average Bonchev–Trinajstić information content (AvgIpc) is 3.23. The highest BCUT2D eigenvalue weighted by molar-refractivity contribution is 5.94. The molecule has 1 aliphatic rings. The van der Waals surface area contributed by atoms with Crippen LogP contribution < -0.4 is 19.5 Å². The first kappa shape index (κ1) is 22.7. The van der Waals surface area contributed by atoms with E-state index in [0.717, 1.165) is 35.3 Å². The molecule has 8 nitrogen and oxygen atoms in total. The summed E-state index contributed by atoms with van der Waals surface area (Å²) < 4.78 is 17.6. The molecule has 0 fully saturated rings. The molecule has 1 aliphatic carbocycles. The molecule has 33 heavy (non-hydrogen) atoms. The number of hydrogen-bond acceptors (Lipinski definition) is 6. The standard InChI is InChI=1S/C25H29N3O5/c1-28-22(14-21(27-28)19-13-18(32-3)8-10-23(19)33-4)24(29)26-15-25(30)11-5-6-16-12-17(31-2)7-9-20(16)25/h7-10,12-14,30H,5-6,11,15H2,1-4H3,(H,26,29). The lowest BCUT2D eigenvalue weighted by atomic mass is 9.79. The van der Waals surface area contributed by atoms with Crippen LogP contribution in [0.15, 0.2) is 42.5 Å². The monoisotopic (exact) mass is 451 g/mol. The predicted molar refractivity (Wildman–Crippen MR) is 124 cm³/mol. The first-order valence-corrected chi connectivity index (χ1v) is 10.8. The van der Waals surface area contributed by atoms with Crippen molar-refractivity contribution in [2.24, 2.45) is 7.05 Å². The van der Waals surface area contributed by atoms with E-state index in [1.807, 2.05) is 24.3 Å². The number of fused-ring (bicyclic) bond motifs is 1. The fourth-order valence-electron chi connectivity index (χ4n) is 4.39. The summed E-state index contributed by atoms with van der Waals surface area (Å²) in [7, 11) is 6.51. The van der Waals surface area contributed by atoms with Crippen molar-refractivity contribution in [1.82, 2.24) is 15.1 Å². The second-order valence-corrected chi connectivity index (χ2v) is 8.20. The van der Waals surface area contributed by atoms with Gasteiger partial charge in [-0.15, -0.1) is 0 Å². The molecule has 1 atom stereocenters. The number of nitrogens with zero attached hydrogens (tertiary/aromatic N) is 2. The first-order chi connectivity index (χ1) is 15.9. The van der Waals surface area contributed by atoms with E-state index in [1.165, 1.54) is 4.68 Å². The molecule has 0 radical (unpaired) electrons. The summed E-state index contributed by atoms with van der Waals surface area (Å²) >= 11 is 0. The number of carbonyl (C=O) groups excluding carboxylic acids is 1. The fraction of sp³-hybridized carbons (Fsp3) is 0.360. The second kappa shape index (κ2) is 9.15. The zero-order valence-corrected chi connectivity index (χ0v) is 19.3. The van der Waals surface area contributed by atoms with Crippen LogP contribution in [0.2, 0.25) is 0 Å². The van der Waals surface area contributed by atoms with Gasteiger partial charge in [0.1, 0.15) is 28.5 Å². The molecule has 0 saturated heterocycles. The first-order valence-electron chi connectivity index (χ1n) is 10.8. The average molecular weight is 452 g/mol. The van der Waals surface area contributed by atoms with Crippen LogP contribution in [-0.2, 0) is 19.1 Å². The van der Waals surface area contributed by atoms with Crippen molar-refractivity contribution in [3.05, 3.63) is 59.3 Å². The maximum Gasteiger partial charge on any atom is 0.269 e. The Bertz CT molecular complexity index is 1170. The third-order valence-corrected chi connectivity index (χ3v) is 6.19. The zero-order valence-electron chi connectivity index (χ0n) is 19.3. The van der Waals surface area contributed by atoms with Gasteiger partial charge in [-0.2, -0.15) is 5.10 Å². The lowest BCUT2D eigenvalue weighted by molar-refractivity contribution is 0.0187. The summed E-state index contributed by atoms with van der Waals surface area (Å²) in [4.78, 5) is 13.0. The number of benzene rings is 2. The van der Waals surface area contributed by atoms with Crippen molar-refractivity contribution in [1.29, 1.82) is 0 Å². The number of amides is 1. The number of aryl methyl sites for hydroxylation is 2. The van der Waals surface area contributed by atoms with Gasteiger partial charge < -0.3 is 24.6 Å². The van der Waals surface area contributed by atoms with Gasteiger partial charge in [-0.3, -0.25) is 9.48 Å². The van der Waals surface area contributed by atoms with E-state index in [-0.39, 0.29) is 12.5 Å². The van der Waals surface area contributed by atoms with Gasteiger partial charge in [0.05, 0.1) is 33.6 Å². The maximum atomic E-state index is 13.0. The molecule has 1 amide bonds. The smallest absolute Gasteiger partial charge is 0.269 e. The van der Waals surface area contributed by atoms with Crippen molar-refractivity contribution in [3.63, 3.8) is 0 Å². The van der Waals surface area contributed by atoms with Crippen molar-refractivity contribution < 1.29 is 24.1 Å². The van der Waals surface area contributed by atoms with Gasteiger partial charge in [0.25, 0.3) is 5.91 Å². The SMILES string of the molecule is COc1ccc2c(c1)CCCC2(O)CNC(=O)c1cc(-c2cc(OC)ccc2OC)nn1C. The van der Waals surface area contributed by atoms with Gasteiger partial charge >= 0.3 is 0 Å². The number of methoxy groups -OCH3 is 3. The molecule has 0 saturated carbocycles. The van der Waals surface area contributed by atoms with E-state index in [9.17, 15) is 9.90 Å². The molecular formula is C25H29N3O5. The van der Waals surface area contributed by atoms with Crippen LogP contribution in [0.3, 0.4) is 0 Å². The van der Waals surface area contributed by atoms with E-state index in [1.54, 1.807) is 46.6 Å². The molecule has 4 rings (SSSR count). The van der Waals surface area contributed by atoms with E-state index in [4.69, 9.17) is 14.2 Å². The number of aromatic nitrogens is 2. The number of aliphatic hydroxyl groups is 1. The van der Waals surface area contributed by atoms with Crippen LogP contribution in [0.25, 0.3) is 11.3 Å². The number of hydrogen-bond donors (Lipinski definition) is 2. The summed E-state index contributed by atoms with van der Waals surface area (Å²) in [6.07, 6.45) is 2.28. The Labute approximate surface area is 193 Å². The summed E-state index contributed by atoms with van der Waals surface area (Å²) in [6, 6.07) is 12.8. The maximum absolute atomic E-state index is 13.0. The topological polar surface area (TPSA) is 94.8 Å². The number of carbonyl (C=O) groups is 1. The Kier molecular flexibility index (Phi) is 6.29. The minimum Gasteiger partial charge on any atom is -0.497 e. The van der Waals surface area contributed by atoms with Crippen molar-refractivity contribution in [3.8, 4) is 28.5 Å². The van der Waals surface area contributed by atoms with Gasteiger partial charge in [-0.05, 0) is 66.8 Å². The Morgan fingerprint density at radius 3 is 2.55 bits per heavy atom. The molecule has 0 spiro atoms. The van der Waals surface area contributed by atoms with Gasteiger partial charge in [0, 0.05) is 12.6 Å². The molecule has 2 N–H and O–H groups in total. The van der Waals surface area contributed by atoms with E-state index < -0.39 is 5.60 Å². The van der Waals surface area contributed by atoms with Crippen LogP contribution in [0.4, 0.5) is 0 Å². The van der Waals surface area contributed by atoms with E-state index >= 15 is 0 Å². The van der Waals surface area contributed by atoms with Crippen LogP contribution in [-0.4, -0.2) is 48.7 Å². The normalized spacial score (nSPS) is 17.2. The quantitative estimate of drug-likeness (QED) is 0.573. The number of ether oxygens (including phenoxy) is 3. The van der Waals surface area contributed by atoms with E-state index in [0.29, 0.717) is 29.3 Å². The molecule has 1 aromatic heterocycles. The number of rotatable bonds is 7. The predicted octanol–water partition coefficient (Wildman–Crippen LogP) is 3.07. The van der Waals surface area contributed by atoms with E-state index in [2.05, 4.69) is 10.4 Å². The summed E-state index contributed by atoms with van der Waals surface area (Å²) in [5.74, 6) is 1.74. The summed E-state index contributed by atoms with van der Waals surface area (Å²) in [5.41, 5.74) is 2.44. The molecule has 1 unspecified atom stereocenters.